The van der Waals surface area contributed by atoms with Crippen LogP contribution in [0.3, 0.4) is 0 Å². The molecule has 0 aliphatic carbocycles. The molecule has 0 aromatic heterocycles. The number of carbonyl (C=O) groups is 1. The number of ether oxygens (including phenoxy) is 2. The van der Waals surface area contributed by atoms with Crippen molar-refractivity contribution in [3.8, 4) is 0 Å². The zero-order chi connectivity index (χ0) is 8.53. The minimum absolute atomic E-state index is 0.162. The maximum Gasteiger partial charge on any atom is 0.305 e. The lowest BCUT2D eigenvalue weighted by molar-refractivity contribution is -0.144. The normalized spacial score (nSPS) is 9.64. The minimum Gasteiger partial charge on any atom is -0.463 e. The highest BCUT2D eigenvalue weighted by molar-refractivity contribution is 5.68. The Kier molecular flexibility index (Phi) is 7.15. The van der Waals surface area contributed by atoms with E-state index in [1.165, 1.54) is 0 Å². The highest BCUT2D eigenvalue weighted by Gasteiger charge is 1.95. The van der Waals surface area contributed by atoms with Gasteiger partial charge in [0.2, 0.25) is 0 Å². The third kappa shape index (κ3) is 7.33. The molecule has 0 unspecified atom stereocenters. The van der Waals surface area contributed by atoms with Crippen LogP contribution in [-0.2, 0) is 14.3 Å². The Morgan fingerprint density at radius 3 is 2.45 bits per heavy atom. The first-order chi connectivity index (χ1) is 5.31. The predicted octanol–water partition coefficient (Wildman–Crippen LogP) is 1.37. The average Bonchev–Trinajstić information content (AvgIpc) is 2.04. The first-order valence-corrected chi connectivity index (χ1v) is 4.04. The van der Waals surface area contributed by atoms with Gasteiger partial charge in [-0.2, -0.15) is 0 Å². The van der Waals surface area contributed by atoms with E-state index >= 15 is 0 Å². The van der Waals surface area contributed by atoms with Gasteiger partial charge in [-0.25, -0.2) is 0 Å². The molecule has 0 heterocycles. The third-order valence-electron chi connectivity index (χ3n) is 1.13. The molecule has 0 rings (SSSR count). The van der Waals surface area contributed by atoms with Gasteiger partial charge in [-0.3, -0.25) is 4.79 Å². The topological polar surface area (TPSA) is 35.5 Å². The third-order valence-corrected chi connectivity index (χ3v) is 1.13. The van der Waals surface area contributed by atoms with E-state index in [4.69, 9.17) is 9.47 Å². The Morgan fingerprint density at radius 2 is 1.91 bits per heavy atom. The molecule has 0 saturated carbocycles. The molecule has 0 atom stereocenters. The van der Waals surface area contributed by atoms with Crippen molar-refractivity contribution in [1.29, 1.82) is 0 Å². The molecule has 0 spiro atoms. The molecular formula is C8H16O3. The Morgan fingerprint density at radius 1 is 1.18 bits per heavy atom. The van der Waals surface area contributed by atoms with Crippen molar-refractivity contribution < 1.29 is 14.3 Å². The van der Waals surface area contributed by atoms with Crippen molar-refractivity contribution in [1.82, 2.24) is 0 Å². The standard InChI is InChI=1S/C8H16O3/c1-3-5-10-6-7-11-8(9)4-2/h3-7H2,1-2H3. The fourth-order valence-corrected chi connectivity index (χ4v) is 0.563. The van der Waals surface area contributed by atoms with Crippen LogP contribution in [0.15, 0.2) is 0 Å². The fourth-order valence-electron chi connectivity index (χ4n) is 0.563. The quantitative estimate of drug-likeness (QED) is 0.435. The van der Waals surface area contributed by atoms with Crippen molar-refractivity contribution in [2.45, 2.75) is 26.7 Å². The number of carbonyl (C=O) groups excluding carboxylic acids is 1. The monoisotopic (exact) mass is 160 g/mol. The first kappa shape index (κ1) is 10.4. The van der Waals surface area contributed by atoms with Gasteiger partial charge in [-0.15, -0.1) is 0 Å². The van der Waals surface area contributed by atoms with Gasteiger partial charge in [0.05, 0.1) is 6.61 Å². The Balaban J connectivity index is 2.95. The van der Waals surface area contributed by atoms with E-state index in [2.05, 4.69) is 0 Å². The van der Waals surface area contributed by atoms with E-state index in [0.29, 0.717) is 19.6 Å². The molecular weight excluding hydrogens is 144 g/mol. The van der Waals surface area contributed by atoms with Gasteiger partial charge < -0.3 is 9.47 Å². The maximum atomic E-state index is 10.6. The Labute approximate surface area is 67.7 Å². The zero-order valence-electron chi connectivity index (χ0n) is 7.26. The van der Waals surface area contributed by atoms with Crippen LogP contribution in [0.1, 0.15) is 26.7 Å². The lowest BCUT2D eigenvalue weighted by Gasteiger charge is -2.02. The highest BCUT2D eigenvalue weighted by atomic mass is 16.6. The van der Waals surface area contributed by atoms with E-state index in [-0.39, 0.29) is 5.97 Å². The molecule has 0 aromatic carbocycles. The molecule has 0 amide bonds. The van der Waals surface area contributed by atoms with Crippen LogP contribution in [0.25, 0.3) is 0 Å². The van der Waals surface area contributed by atoms with Crippen molar-refractivity contribution in [2.24, 2.45) is 0 Å². The molecule has 0 N–H and O–H groups in total. The van der Waals surface area contributed by atoms with Crippen LogP contribution >= 0.6 is 0 Å². The minimum atomic E-state index is -0.162. The summed E-state index contributed by atoms with van der Waals surface area (Å²) >= 11 is 0. The van der Waals surface area contributed by atoms with Crippen LogP contribution in [0, 0.1) is 0 Å². The van der Waals surface area contributed by atoms with Gasteiger partial charge in [0, 0.05) is 13.0 Å². The summed E-state index contributed by atoms with van der Waals surface area (Å²) in [6.07, 6.45) is 1.44. The van der Waals surface area contributed by atoms with Gasteiger partial charge >= 0.3 is 5.97 Å². The van der Waals surface area contributed by atoms with Crippen LogP contribution in [-0.4, -0.2) is 25.8 Å². The number of rotatable bonds is 6. The van der Waals surface area contributed by atoms with Crippen LogP contribution in [0.5, 0.6) is 0 Å². The van der Waals surface area contributed by atoms with Gasteiger partial charge in [0.25, 0.3) is 0 Å². The van der Waals surface area contributed by atoms with Gasteiger partial charge in [-0.1, -0.05) is 13.8 Å². The lowest BCUT2D eigenvalue weighted by atomic mass is 10.5. The summed E-state index contributed by atoms with van der Waals surface area (Å²) in [5.74, 6) is -0.162. The van der Waals surface area contributed by atoms with Crippen LogP contribution in [0.4, 0.5) is 0 Å². The highest BCUT2D eigenvalue weighted by Crippen LogP contribution is 1.85. The summed E-state index contributed by atoms with van der Waals surface area (Å²) in [5, 5.41) is 0. The van der Waals surface area contributed by atoms with E-state index in [9.17, 15) is 4.79 Å². The SMILES string of the molecule is CCCOCCOC(=O)CC. The molecule has 0 aromatic rings. The zero-order valence-corrected chi connectivity index (χ0v) is 7.26. The van der Waals surface area contributed by atoms with E-state index in [1.807, 2.05) is 6.92 Å². The molecule has 0 bridgehead atoms. The van der Waals surface area contributed by atoms with Crippen molar-refractivity contribution >= 4 is 5.97 Å². The van der Waals surface area contributed by atoms with Crippen molar-refractivity contribution in [2.75, 3.05) is 19.8 Å². The van der Waals surface area contributed by atoms with Crippen LogP contribution in [0.2, 0.25) is 0 Å². The second kappa shape index (κ2) is 7.54. The molecule has 11 heavy (non-hydrogen) atoms. The van der Waals surface area contributed by atoms with Crippen LogP contribution < -0.4 is 0 Å². The fraction of sp³-hybridized carbons (Fsp3) is 0.875. The average molecular weight is 160 g/mol. The van der Waals surface area contributed by atoms with Gasteiger partial charge in [0.15, 0.2) is 0 Å². The Hall–Kier alpha value is -0.570. The smallest absolute Gasteiger partial charge is 0.305 e. The largest absolute Gasteiger partial charge is 0.463 e. The second-order valence-corrected chi connectivity index (χ2v) is 2.19. The van der Waals surface area contributed by atoms with E-state index < -0.39 is 0 Å². The maximum absolute atomic E-state index is 10.6. The number of hydrogen-bond acceptors (Lipinski definition) is 3. The molecule has 0 fully saturated rings. The summed E-state index contributed by atoms with van der Waals surface area (Å²) < 4.78 is 9.87. The molecule has 0 saturated heterocycles. The molecule has 0 aliphatic rings. The molecule has 0 aliphatic heterocycles. The van der Waals surface area contributed by atoms with Crippen molar-refractivity contribution in [3.05, 3.63) is 0 Å². The van der Waals surface area contributed by atoms with Crippen molar-refractivity contribution in [3.63, 3.8) is 0 Å². The summed E-state index contributed by atoms with van der Waals surface area (Å²) in [6, 6.07) is 0. The molecule has 3 heteroatoms. The number of esters is 1. The number of hydrogen-bond donors (Lipinski definition) is 0. The first-order valence-electron chi connectivity index (χ1n) is 4.04. The molecule has 66 valence electrons. The summed E-state index contributed by atoms with van der Waals surface area (Å²) in [4.78, 5) is 10.6. The second-order valence-electron chi connectivity index (χ2n) is 2.19. The predicted molar refractivity (Wildman–Crippen MR) is 42.4 cm³/mol. The summed E-state index contributed by atoms with van der Waals surface area (Å²) in [6.45, 7) is 5.45. The van der Waals surface area contributed by atoms with Gasteiger partial charge in [-0.05, 0) is 6.42 Å². The van der Waals surface area contributed by atoms with Gasteiger partial charge in [0.1, 0.15) is 6.61 Å². The van der Waals surface area contributed by atoms with E-state index in [1.54, 1.807) is 6.92 Å². The summed E-state index contributed by atoms with van der Waals surface area (Å²) in [7, 11) is 0. The summed E-state index contributed by atoms with van der Waals surface area (Å²) in [5.41, 5.74) is 0. The van der Waals surface area contributed by atoms with E-state index in [0.717, 1.165) is 13.0 Å². The lowest BCUT2D eigenvalue weighted by Crippen LogP contribution is -2.09. The molecule has 0 radical (unpaired) electrons. The Bertz CT molecular complexity index is 102. The molecule has 3 nitrogen and oxygen atoms in total.